The largest absolute Gasteiger partial charge is 0.490 e. The molecule has 1 aromatic carbocycles. The van der Waals surface area contributed by atoms with Crippen LogP contribution in [0.1, 0.15) is 48.8 Å². The van der Waals surface area contributed by atoms with Gasteiger partial charge in [0, 0.05) is 23.4 Å². The first kappa shape index (κ1) is 28.8. The Kier molecular flexibility index (Phi) is 10.2. The Morgan fingerprint density at radius 3 is 2.57 bits per heavy atom. The van der Waals surface area contributed by atoms with Gasteiger partial charge in [-0.3, -0.25) is 9.69 Å². The molecular formula is C27H39N5O4S. The molecule has 0 saturated heterocycles. The maximum atomic E-state index is 11.4. The summed E-state index contributed by atoms with van der Waals surface area (Å²) in [5.41, 5.74) is 9.30. The molecule has 1 amide bonds. The third kappa shape index (κ3) is 7.16. The van der Waals surface area contributed by atoms with Crippen LogP contribution in [0.15, 0.2) is 22.7 Å². The molecule has 0 aliphatic carbocycles. The van der Waals surface area contributed by atoms with E-state index in [2.05, 4.69) is 42.2 Å². The van der Waals surface area contributed by atoms with Crippen LogP contribution in [0.5, 0.6) is 5.75 Å². The van der Waals surface area contributed by atoms with Crippen molar-refractivity contribution in [1.82, 2.24) is 20.4 Å². The summed E-state index contributed by atoms with van der Waals surface area (Å²) in [5.74, 6) is 1.24. The Morgan fingerprint density at radius 1 is 1.22 bits per heavy atom. The monoisotopic (exact) mass is 529 g/mol. The number of aliphatic hydroxyl groups excluding tert-OH is 1. The van der Waals surface area contributed by atoms with Crippen LogP contribution in [0.2, 0.25) is 0 Å². The summed E-state index contributed by atoms with van der Waals surface area (Å²) >= 11 is 1.70. The first-order valence-electron chi connectivity index (χ1n) is 12.8. The molecule has 0 fully saturated rings. The second-order valence-electron chi connectivity index (χ2n) is 9.18. The summed E-state index contributed by atoms with van der Waals surface area (Å²) in [6.07, 6.45) is 0.0632. The highest BCUT2D eigenvalue weighted by atomic mass is 32.1. The smallest absolute Gasteiger partial charge is 0.268 e. The van der Waals surface area contributed by atoms with Crippen molar-refractivity contribution in [2.45, 2.75) is 66.2 Å². The zero-order valence-electron chi connectivity index (χ0n) is 22.6. The number of amides is 1. The van der Waals surface area contributed by atoms with Crippen molar-refractivity contribution in [3.05, 3.63) is 39.8 Å². The molecule has 2 aromatic heterocycles. The summed E-state index contributed by atoms with van der Waals surface area (Å²) < 4.78 is 11.6. The number of aromatic nitrogens is 2. The van der Waals surface area contributed by atoms with Crippen molar-refractivity contribution in [1.29, 1.82) is 0 Å². The second-order valence-corrected chi connectivity index (χ2v) is 10.3. The summed E-state index contributed by atoms with van der Waals surface area (Å²) in [5, 5.41) is 17.4. The van der Waals surface area contributed by atoms with Crippen LogP contribution in [0, 0.1) is 13.8 Å². The van der Waals surface area contributed by atoms with Gasteiger partial charge in [-0.2, -0.15) is 4.98 Å². The molecule has 3 aromatic rings. The zero-order chi connectivity index (χ0) is 27.1. The van der Waals surface area contributed by atoms with E-state index in [1.165, 1.54) is 10.4 Å². The molecule has 4 N–H and O–H groups in total. The van der Waals surface area contributed by atoms with Crippen LogP contribution in [0.4, 0.5) is 0 Å². The third-order valence-corrected chi connectivity index (χ3v) is 7.74. The summed E-state index contributed by atoms with van der Waals surface area (Å²) in [7, 11) is 1.63. The van der Waals surface area contributed by atoms with Crippen LogP contribution in [-0.4, -0.2) is 64.9 Å². The van der Waals surface area contributed by atoms with E-state index in [0.717, 1.165) is 47.6 Å². The van der Waals surface area contributed by atoms with Crippen molar-refractivity contribution in [2.75, 3.05) is 26.7 Å². The third-order valence-electron chi connectivity index (χ3n) is 6.53. The van der Waals surface area contributed by atoms with E-state index in [1.54, 1.807) is 18.4 Å². The number of ether oxygens (including phenoxy) is 1. The summed E-state index contributed by atoms with van der Waals surface area (Å²) in [6, 6.07) is 5.46. The topological polar surface area (TPSA) is 127 Å². The molecule has 2 heterocycles. The van der Waals surface area contributed by atoms with Crippen LogP contribution in [0.3, 0.4) is 0 Å². The normalized spacial score (nSPS) is 13.2. The number of likely N-dealkylation sites (N-methyl/N-ethyl adjacent to an activating group) is 1. The molecule has 9 nitrogen and oxygen atoms in total. The van der Waals surface area contributed by atoms with Gasteiger partial charge in [-0.15, -0.1) is 11.3 Å². The van der Waals surface area contributed by atoms with E-state index in [1.807, 2.05) is 26.0 Å². The number of thiophene rings is 1. The number of benzene rings is 1. The van der Waals surface area contributed by atoms with E-state index in [0.29, 0.717) is 17.5 Å². The quantitative estimate of drug-likeness (QED) is 0.289. The number of hydrogen-bond donors (Lipinski definition) is 3. The average Bonchev–Trinajstić information content (AvgIpc) is 3.51. The Balaban J connectivity index is 1.77. The number of primary amides is 1. The van der Waals surface area contributed by atoms with Gasteiger partial charge in [0.1, 0.15) is 12.4 Å². The molecule has 10 heteroatoms. The molecular weight excluding hydrogens is 490 g/mol. The van der Waals surface area contributed by atoms with Gasteiger partial charge in [-0.05, 0) is 75.3 Å². The molecule has 0 radical (unpaired) electrons. The maximum absolute atomic E-state index is 11.4. The molecule has 37 heavy (non-hydrogen) atoms. The number of nitrogens with two attached hydrogens (primary N) is 1. The van der Waals surface area contributed by atoms with E-state index in [-0.39, 0.29) is 13.0 Å². The minimum Gasteiger partial charge on any atom is -0.490 e. The van der Waals surface area contributed by atoms with Gasteiger partial charge in [0.15, 0.2) is 0 Å². The lowest BCUT2D eigenvalue weighted by Crippen LogP contribution is -2.42. The fourth-order valence-corrected chi connectivity index (χ4v) is 5.35. The van der Waals surface area contributed by atoms with Gasteiger partial charge < -0.3 is 25.4 Å². The zero-order valence-corrected chi connectivity index (χ0v) is 23.4. The van der Waals surface area contributed by atoms with Crippen molar-refractivity contribution in [2.24, 2.45) is 5.73 Å². The highest BCUT2D eigenvalue weighted by Crippen LogP contribution is 2.34. The van der Waals surface area contributed by atoms with Gasteiger partial charge in [0.25, 0.3) is 5.89 Å². The molecule has 1 unspecified atom stereocenters. The fraction of sp³-hybridized carbons (Fsp3) is 0.519. The lowest BCUT2D eigenvalue weighted by molar-refractivity contribution is -0.120. The number of hydrogen-bond acceptors (Lipinski definition) is 9. The molecule has 0 aliphatic rings. The van der Waals surface area contributed by atoms with Crippen LogP contribution >= 0.6 is 11.3 Å². The van der Waals surface area contributed by atoms with Gasteiger partial charge in [0.2, 0.25) is 11.7 Å². The fourth-order valence-electron chi connectivity index (χ4n) is 4.21. The van der Waals surface area contributed by atoms with Gasteiger partial charge in [0.05, 0.1) is 17.0 Å². The number of nitrogens with zero attached hydrogens (tertiary/aromatic N) is 3. The van der Waals surface area contributed by atoms with E-state index < -0.39 is 18.1 Å². The van der Waals surface area contributed by atoms with Crippen LogP contribution in [-0.2, 0) is 17.8 Å². The second kappa shape index (κ2) is 13.1. The van der Waals surface area contributed by atoms with Crippen molar-refractivity contribution in [3.8, 4) is 27.9 Å². The Bertz CT molecular complexity index is 1190. The molecule has 0 saturated carbocycles. The molecule has 3 rings (SSSR count). The van der Waals surface area contributed by atoms with Gasteiger partial charge >= 0.3 is 0 Å². The SMILES string of the molecule is CCc1cc(-c2noc(-c3cc(C)c(CN(CC)CC)s3)n2)cc(C)c1OC[C@@H](O)CC(NC)C(N)=O. The van der Waals surface area contributed by atoms with E-state index >= 15 is 0 Å². The Labute approximate surface area is 223 Å². The number of carbonyl (C=O) groups is 1. The lowest BCUT2D eigenvalue weighted by atomic mass is 10.0. The van der Waals surface area contributed by atoms with E-state index in [4.69, 9.17) is 20.0 Å². The number of aliphatic hydroxyl groups is 1. The molecule has 202 valence electrons. The highest BCUT2D eigenvalue weighted by Gasteiger charge is 2.21. The summed E-state index contributed by atoms with van der Waals surface area (Å²) in [6.45, 7) is 13.4. The Hall–Kier alpha value is -2.79. The predicted molar refractivity (Wildman–Crippen MR) is 147 cm³/mol. The average molecular weight is 530 g/mol. The first-order valence-corrected chi connectivity index (χ1v) is 13.6. The Morgan fingerprint density at radius 2 is 1.95 bits per heavy atom. The van der Waals surface area contributed by atoms with Crippen molar-refractivity contribution >= 4 is 17.2 Å². The molecule has 0 aliphatic heterocycles. The minimum absolute atomic E-state index is 0.0541. The molecule has 2 atom stereocenters. The van der Waals surface area contributed by atoms with Crippen LogP contribution < -0.4 is 15.8 Å². The van der Waals surface area contributed by atoms with Crippen LogP contribution in [0.25, 0.3) is 22.2 Å². The number of aryl methyl sites for hydroxylation is 3. The highest BCUT2D eigenvalue weighted by molar-refractivity contribution is 7.15. The number of rotatable bonds is 14. The van der Waals surface area contributed by atoms with E-state index in [9.17, 15) is 9.90 Å². The minimum atomic E-state index is -0.839. The molecule has 0 spiro atoms. The standard InChI is InChI=1S/C27H39N5O4S/c1-7-18-12-19(10-17(5)24(18)35-15-20(33)13-21(29-6)25(28)34)26-30-27(36-31-26)22-11-16(4)23(37-22)14-32(8-2)9-3/h10-12,20-21,29,33H,7-9,13-15H2,1-6H3,(H2,28,34)/t20-,21?/m0/s1. The molecule has 0 bridgehead atoms. The van der Waals surface area contributed by atoms with Crippen molar-refractivity contribution < 1.29 is 19.2 Å². The van der Waals surface area contributed by atoms with Gasteiger partial charge in [-0.25, -0.2) is 0 Å². The lowest BCUT2D eigenvalue weighted by Gasteiger charge is -2.20. The number of carbonyl (C=O) groups excluding carboxylic acids is 1. The predicted octanol–water partition coefficient (Wildman–Crippen LogP) is 3.69. The van der Waals surface area contributed by atoms with Gasteiger partial charge in [-0.1, -0.05) is 25.9 Å². The van der Waals surface area contributed by atoms with Crippen molar-refractivity contribution in [3.63, 3.8) is 0 Å². The number of nitrogens with one attached hydrogen (secondary N) is 1. The first-order chi connectivity index (χ1) is 17.7. The maximum Gasteiger partial charge on any atom is 0.268 e. The summed E-state index contributed by atoms with van der Waals surface area (Å²) in [4.78, 5) is 20.8.